The van der Waals surface area contributed by atoms with E-state index in [1.807, 2.05) is 36.8 Å². The molecule has 0 aliphatic heterocycles. The van der Waals surface area contributed by atoms with Gasteiger partial charge in [-0.1, -0.05) is 64.6 Å². The molecule has 31 heavy (non-hydrogen) atoms. The van der Waals surface area contributed by atoms with Gasteiger partial charge in [-0.15, -0.1) is 15.3 Å². The van der Waals surface area contributed by atoms with Crippen LogP contribution in [0.5, 0.6) is 0 Å². The Hall–Kier alpha value is -3.36. The maximum Gasteiger partial charge on any atom is 0.0857 e. The lowest BCUT2D eigenvalue weighted by molar-refractivity contribution is 0.756. The minimum absolute atomic E-state index is 0. The fourth-order valence-electron chi connectivity index (χ4n) is 2.98. The first kappa shape index (κ1) is 22.3. The smallest absolute Gasteiger partial charge is 0.0857 e. The van der Waals surface area contributed by atoms with Crippen LogP contribution >= 0.6 is 0 Å². The lowest BCUT2D eigenvalue weighted by atomic mass is 10.1. The molecule has 9 heteroatoms. The standard InChI is InChI=1S/C21H27N9.CH4/c1-13(2)19-10-28(25-22-19)16-7-17(29-11-20(14(3)4)23-26-29)9-18(8-16)30-12-21(15(5)6)24-27-30;/h7-15H,1-6H3;1H4. The van der Waals surface area contributed by atoms with Crippen molar-refractivity contribution >= 4 is 0 Å². The zero-order valence-electron chi connectivity index (χ0n) is 18.2. The van der Waals surface area contributed by atoms with E-state index in [-0.39, 0.29) is 7.43 Å². The molecule has 0 aliphatic rings. The molecule has 0 unspecified atom stereocenters. The van der Waals surface area contributed by atoms with Crippen molar-refractivity contribution < 1.29 is 0 Å². The highest BCUT2D eigenvalue weighted by Gasteiger charge is 2.14. The lowest BCUT2D eigenvalue weighted by Crippen LogP contribution is -2.04. The van der Waals surface area contributed by atoms with Gasteiger partial charge >= 0.3 is 0 Å². The Morgan fingerprint density at radius 3 is 0.968 bits per heavy atom. The number of hydrogen-bond donors (Lipinski definition) is 0. The van der Waals surface area contributed by atoms with Crippen molar-refractivity contribution in [3.63, 3.8) is 0 Å². The second-order valence-electron chi connectivity index (χ2n) is 8.44. The molecule has 4 rings (SSSR count). The van der Waals surface area contributed by atoms with Gasteiger partial charge in [-0.2, -0.15) is 0 Å². The predicted molar refractivity (Wildman–Crippen MR) is 120 cm³/mol. The summed E-state index contributed by atoms with van der Waals surface area (Å²) < 4.78 is 5.34. The Labute approximate surface area is 183 Å². The molecule has 3 aromatic heterocycles. The third-order valence-corrected chi connectivity index (χ3v) is 4.99. The Balaban J connectivity index is 0.00000272. The van der Waals surface area contributed by atoms with Crippen LogP contribution in [0.15, 0.2) is 36.8 Å². The highest BCUT2D eigenvalue weighted by Crippen LogP contribution is 2.22. The van der Waals surface area contributed by atoms with E-state index in [0.29, 0.717) is 17.8 Å². The third-order valence-electron chi connectivity index (χ3n) is 4.99. The second-order valence-corrected chi connectivity index (χ2v) is 8.44. The third kappa shape index (κ3) is 4.55. The largest absolute Gasteiger partial charge is 0.220 e. The summed E-state index contributed by atoms with van der Waals surface area (Å²) in [4.78, 5) is 0. The van der Waals surface area contributed by atoms with Crippen molar-refractivity contribution in [3.05, 3.63) is 53.9 Å². The molecule has 0 amide bonds. The molecule has 3 heterocycles. The predicted octanol–water partition coefficient (Wildman–Crippen LogP) is 4.44. The minimum atomic E-state index is 0. The Morgan fingerprint density at radius 2 is 0.774 bits per heavy atom. The number of aromatic nitrogens is 9. The highest BCUT2D eigenvalue weighted by molar-refractivity contribution is 5.52. The van der Waals surface area contributed by atoms with Crippen LogP contribution in [0, 0.1) is 0 Å². The SMILES string of the molecule is C.CC(C)c1cn(-c2cc(-n3cc(C(C)C)nn3)cc(-n3cc(C(C)C)nn3)c2)nn1. The molecule has 0 atom stereocenters. The van der Waals surface area contributed by atoms with Gasteiger partial charge in [0.05, 0.1) is 52.7 Å². The monoisotopic (exact) mass is 421 g/mol. The molecule has 0 N–H and O–H groups in total. The maximum atomic E-state index is 4.32. The molecule has 0 aliphatic carbocycles. The molecule has 164 valence electrons. The van der Waals surface area contributed by atoms with Crippen LogP contribution in [-0.2, 0) is 0 Å². The molecule has 0 bridgehead atoms. The molecule has 0 fully saturated rings. The first-order valence-corrected chi connectivity index (χ1v) is 10.2. The number of nitrogens with zero attached hydrogens (tertiary/aromatic N) is 9. The van der Waals surface area contributed by atoms with Crippen LogP contribution in [-0.4, -0.2) is 45.0 Å². The average Bonchev–Trinajstić information content (AvgIpc) is 3.48. The summed E-state index contributed by atoms with van der Waals surface area (Å²) in [6, 6.07) is 6.05. The molecule has 9 nitrogen and oxygen atoms in total. The Morgan fingerprint density at radius 1 is 0.516 bits per heavy atom. The van der Waals surface area contributed by atoms with Gasteiger partial charge < -0.3 is 0 Å². The van der Waals surface area contributed by atoms with Crippen molar-refractivity contribution in [1.29, 1.82) is 0 Å². The van der Waals surface area contributed by atoms with Gasteiger partial charge in [0.1, 0.15) is 0 Å². The van der Waals surface area contributed by atoms with Gasteiger partial charge in [0.25, 0.3) is 0 Å². The lowest BCUT2D eigenvalue weighted by Gasteiger charge is -2.09. The summed E-state index contributed by atoms with van der Waals surface area (Å²) in [5.74, 6) is 0.901. The van der Waals surface area contributed by atoms with Crippen LogP contribution in [0.4, 0.5) is 0 Å². The molecule has 0 saturated heterocycles. The molecule has 1 aromatic carbocycles. The van der Waals surface area contributed by atoms with Crippen molar-refractivity contribution in [2.24, 2.45) is 0 Å². The van der Waals surface area contributed by atoms with E-state index in [9.17, 15) is 0 Å². The first-order valence-electron chi connectivity index (χ1n) is 10.2. The quantitative estimate of drug-likeness (QED) is 0.457. The molecular weight excluding hydrogens is 390 g/mol. The van der Waals surface area contributed by atoms with Crippen LogP contribution in [0.2, 0.25) is 0 Å². The summed E-state index contributed by atoms with van der Waals surface area (Å²) in [6.07, 6.45) is 5.86. The van der Waals surface area contributed by atoms with E-state index in [1.54, 1.807) is 14.0 Å². The van der Waals surface area contributed by atoms with Crippen molar-refractivity contribution in [3.8, 4) is 17.1 Å². The van der Waals surface area contributed by atoms with E-state index >= 15 is 0 Å². The molecule has 4 aromatic rings. The normalized spacial score (nSPS) is 11.5. The average molecular weight is 422 g/mol. The molecule has 0 spiro atoms. The van der Waals surface area contributed by atoms with Gasteiger partial charge in [0.15, 0.2) is 0 Å². The summed E-state index contributed by atoms with van der Waals surface area (Å²) in [5, 5.41) is 25.8. The van der Waals surface area contributed by atoms with Crippen molar-refractivity contribution in [1.82, 2.24) is 45.0 Å². The minimum Gasteiger partial charge on any atom is -0.220 e. The number of benzene rings is 1. The van der Waals surface area contributed by atoms with Crippen LogP contribution in [0.25, 0.3) is 17.1 Å². The van der Waals surface area contributed by atoms with Gasteiger partial charge in [0.2, 0.25) is 0 Å². The van der Waals surface area contributed by atoms with E-state index in [0.717, 1.165) is 34.1 Å². The number of hydrogen-bond acceptors (Lipinski definition) is 6. The molecular formula is C22H31N9. The van der Waals surface area contributed by atoms with Gasteiger partial charge in [-0.25, -0.2) is 14.0 Å². The zero-order chi connectivity index (χ0) is 21.4. The fourth-order valence-corrected chi connectivity index (χ4v) is 2.98. The van der Waals surface area contributed by atoms with Crippen LogP contribution in [0.1, 0.15) is 83.8 Å². The summed E-state index contributed by atoms with van der Waals surface area (Å²) in [5.41, 5.74) is 5.41. The van der Waals surface area contributed by atoms with Crippen LogP contribution < -0.4 is 0 Å². The topological polar surface area (TPSA) is 92.1 Å². The van der Waals surface area contributed by atoms with Crippen molar-refractivity contribution in [2.75, 3.05) is 0 Å². The van der Waals surface area contributed by atoms with E-state index in [1.165, 1.54) is 0 Å². The van der Waals surface area contributed by atoms with Gasteiger partial charge in [-0.05, 0) is 36.0 Å². The summed E-state index contributed by atoms with van der Waals surface area (Å²) >= 11 is 0. The fraction of sp³-hybridized carbons (Fsp3) is 0.455. The van der Waals surface area contributed by atoms with Crippen molar-refractivity contribution in [2.45, 2.75) is 66.7 Å². The highest BCUT2D eigenvalue weighted by atomic mass is 15.4. The van der Waals surface area contributed by atoms with Gasteiger partial charge in [0, 0.05) is 0 Å². The zero-order valence-corrected chi connectivity index (χ0v) is 18.2. The Kier molecular flexibility index (Phi) is 6.33. The summed E-state index contributed by atoms with van der Waals surface area (Å²) in [7, 11) is 0. The molecule has 0 saturated carbocycles. The van der Waals surface area contributed by atoms with Crippen LogP contribution in [0.3, 0.4) is 0 Å². The first-order chi connectivity index (χ1) is 14.3. The summed E-state index contributed by atoms with van der Waals surface area (Å²) in [6.45, 7) is 12.6. The maximum absolute atomic E-state index is 4.32. The van der Waals surface area contributed by atoms with E-state index < -0.39 is 0 Å². The second kappa shape index (κ2) is 8.79. The van der Waals surface area contributed by atoms with Gasteiger partial charge in [-0.3, -0.25) is 0 Å². The van der Waals surface area contributed by atoms with E-state index in [2.05, 4.69) is 72.5 Å². The van der Waals surface area contributed by atoms with E-state index in [4.69, 9.17) is 0 Å². The Bertz CT molecular complexity index is 992. The number of rotatable bonds is 6. The molecule has 0 radical (unpaired) electrons.